The molecule has 1 aliphatic carbocycles. The molecule has 0 saturated heterocycles. The van der Waals surface area contributed by atoms with Crippen LogP contribution in [-0.4, -0.2) is 17.7 Å². The van der Waals surface area contributed by atoms with Crippen molar-refractivity contribution in [3.63, 3.8) is 0 Å². The predicted molar refractivity (Wildman–Crippen MR) is 83.4 cm³/mol. The van der Waals surface area contributed by atoms with E-state index in [0.29, 0.717) is 0 Å². The molecule has 19 heavy (non-hydrogen) atoms. The molecule has 0 bridgehead atoms. The van der Waals surface area contributed by atoms with Crippen LogP contribution in [0.2, 0.25) is 0 Å². The predicted octanol–water partition coefficient (Wildman–Crippen LogP) is 4.80. The van der Waals surface area contributed by atoms with Crippen LogP contribution in [0.5, 0.6) is 0 Å². The first kappa shape index (κ1) is 17.0. The third kappa shape index (κ3) is 7.31. The Bertz CT molecular complexity index is 227. The molecule has 0 spiro atoms. The molecule has 1 rings (SSSR count). The first-order valence-corrected chi connectivity index (χ1v) is 8.48. The molecule has 2 N–H and O–H groups in total. The van der Waals surface area contributed by atoms with Gasteiger partial charge in [0.25, 0.3) is 0 Å². The average Bonchev–Trinajstić information content (AvgIpc) is 2.37. The highest BCUT2D eigenvalue weighted by atomic mass is 16.5. The Morgan fingerprint density at radius 1 is 0.895 bits per heavy atom. The first-order chi connectivity index (χ1) is 9.05. The number of rotatable bonds is 3. The Kier molecular flexibility index (Phi) is 8.01. The molecule has 2 heteroatoms. The summed E-state index contributed by atoms with van der Waals surface area (Å²) in [6.07, 6.45) is 14.4. The van der Waals surface area contributed by atoms with Crippen LogP contribution < -0.4 is 5.73 Å². The van der Waals surface area contributed by atoms with Gasteiger partial charge >= 0.3 is 0 Å². The molecule has 0 amide bonds. The SMILES string of the molecule is CCC(C)(C)OC1CCCCCCCCCCC1N. The number of ether oxygens (including phenoxy) is 1. The molecule has 1 fully saturated rings. The Balaban J connectivity index is 2.50. The first-order valence-electron chi connectivity index (χ1n) is 8.48. The van der Waals surface area contributed by atoms with E-state index in [1.807, 2.05) is 0 Å². The van der Waals surface area contributed by atoms with Gasteiger partial charge in [-0.15, -0.1) is 0 Å². The molecule has 2 atom stereocenters. The van der Waals surface area contributed by atoms with Crippen LogP contribution in [0.1, 0.15) is 91.4 Å². The second kappa shape index (κ2) is 8.97. The minimum atomic E-state index is -0.0284. The number of nitrogens with two attached hydrogens (primary N) is 1. The molecule has 0 heterocycles. The largest absolute Gasteiger partial charge is 0.371 e. The van der Waals surface area contributed by atoms with Gasteiger partial charge in [-0.05, 0) is 33.1 Å². The van der Waals surface area contributed by atoms with Crippen LogP contribution in [0.4, 0.5) is 0 Å². The standard InChI is InChI=1S/C17H35NO/c1-4-17(2,3)19-16-14-12-10-8-6-5-7-9-11-13-15(16)18/h15-16H,4-14,18H2,1-3H3. The van der Waals surface area contributed by atoms with Crippen molar-refractivity contribution in [2.45, 2.75) is 109 Å². The molecule has 114 valence electrons. The summed E-state index contributed by atoms with van der Waals surface area (Å²) in [5, 5.41) is 0. The summed E-state index contributed by atoms with van der Waals surface area (Å²) in [7, 11) is 0. The van der Waals surface area contributed by atoms with Crippen molar-refractivity contribution >= 4 is 0 Å². The van der Waals surface area contributed by atoms with Gasteiger partial charge in [-0.3, -0.25) is 0 Å². The second-order valence-corrected chi connectivity index (χ2v) is 6.84. The smallest absolute Gasteiger partial charge is 0.0733 e. The molecule has 2 unspecified atom stereocenters. The van der Waals surface area contributed by atoms with Gasteiger partial charge < -0.3 is 10.5 Å². The second-order valence-electron chi connectivity index (χ2n) is 6.84. The van der Waals surface area contributed by atoms with Crippen LogP contribution in [0, 0.1) is 0 Å². The van der Waals surface area contributed by atoms with Crippen molar-refractivity contribution in [3.8, 4) is 0 Å². The summed E-state index contributed by atoms with van der Waals surface area (Å²) in [6.45, 7) is 6.58. The van der Waals surface area contributed by atoms with Gasteiger partial charge in [0, 0.05) is 6.04 Å². The molecule has 1 saturated carbocycles. The molecular formula is C17H35NO. The molecule has 0 radical (unpaired) electrons. The van der Waals surface area contributed by atoms with E-state index < -0.39 is 0 Å². The van der Waals surface area contributed by atoms with E-state index in [0.717, 1.165) is 19.3 Å². The maximum absolute atomic E-state index is 6.40. The zero-order valence-corrected chi connectivity index (χ0v) is 13.4. The van der Waals surface area contributed by atoms with Crippen molar-refractivity contribution in [1.82, 2.24) is 0 Å². The van der Waals surface area contributed by atoms with Crippen LogP contribution in [-0.2, 0) is 4.74 Å². The van der Waals surface area contributed by atoms with E-state index in [1.165, 1.54) is 51.4 Å². The summed E-state index contributed by atoms with van der Waals surface area (Å²) < 4.78 is 6.32. The summed E-state index contributed by atoms with van der Waals surface area (Å²) in [5.74, 6) is 0. The van der Waals surface area contributed by atoms with Crippen molar-refractivity contribution in [2.24, 2.45) is 5.73 Å². The molecule has 0 aromatic heterocycles. The van der Waals surface area contributed by atoms with E-state index in [2.05, 4.69) is 20.8 Å². The quantitative estimate of drug-likeness (QED) is 0.798. The van der Waals surface area contributed by atoms with Crippen molar-refractivity contribution in [2.75, 3.05) is 0 Å². The van der Waals surface area contributed by atoms with Crippen molar-refractivity contribution in [1.29, 1.82) is 0 Å². The van der Waals surface area contributed by atoms with Gasteiger partial charge in [0.15, 0.2) is 0 Å². The molecule has 2 nitrogen and oxygen atoms in total. The third-order valence-corrected chi connectivity index (χ3v) is 4.58. The van der Waals surface area contributed by atoms with E-state index in [9.17, 15) is 0 Å². The maximum atomic E-state index is 6.40. The molecule has 1 aliphatic rings. The fourth-order valence-electron chi connectivity index (χ4n) is 2.83. The van der Waals surface area contributed by atoms with Crippen LogP contribution in [0.3, 0.4) is 0 Å². The number of hydrogen-bond donors (Lipinski definition) is 1. The topological polar surface area (TPSA) is 35.2 Å². The Morgan fingerprint density at radius 3 is 1.89 bits per heavy atom. The minimum absolute atomic E-state index is 0.0284. The van der Waals surface area contributed by atoms with Gasteiger partial charge in [-0.25, -0.2) is 0 Å². The molecular weight excluding hydrogens is 234 g/mol. The minimum Gasteiger partial charge on any atom is -0.371 e. The lowest BCUT2D eigenvalue weighted by molar-refractivity contribution is -0.0877. The fraction of sp³-hybridized carbons (Fsp3) is 1.00. The fourth-order valence-corrected chi connectivity index (χ4v) is 2.83. The zero-order chi connectivity index (χ0) is 14.1. The van der Waals surface area contributed by atoms with Crippen molar-refractivity contribution in [3.05, 3.63) is 0 Å². The van der Waals surface area contributed by atoms with Crippen LogP contribution in [0.25, 0.3) is 0 Å². The van der Waals surface area contributed by atoms with Gasteiger partial charge in [-0.1, -0.05) is 58.3 Å². The lowest BCUT2D eigenvalue weighted by Gasteiger charge is -2.33. The van der Waals surface area contributed by atoms with E-state index in [4.69, 9.17) is 10.5 Å². The Morgan fingerprint density at radius 2 is 1.37 bits per heavy atom. The highest BCUT2D eigenvalue weighted by Gasteiger charge is 2.26. The highest BCUT2D eigenvalue weighted by molar-refractivity contribution is 4.78. The summed E-state index contributed by atoms with van der Waals surface area (Å²) >= 11 is 0. The lowest BCUT2D eigenvalue weighted by Crippen LogP contribution is -2.42. The zero-order valence-electron chi connectivity index (χ0n) is 13.4. The average molecular weight is 269 g/mol. The van der Waals surface area contributed by atoms with Gasteiger partial charge in [-0.2, -0.15) is 0 Å². The van der Waals surface area contributed by atoms with Gasteiger partial charge in [0.2, 0.25) is 0 Å². The Hall–Kier alpha value is -0.0800. The van der Waals surface area contributed by atoms with Gasteiger partial charge in [0.1, 0.15) is 0 Å². The summed E-state index contributed by atoms with van der Waals surface area (Å²) in [4.78, 5) is 0. The van der Waals surface area contributed by atoms with E-state index in [-0.39, 0.29) is 17.7 Å². The van der Waals surface area contributed by atoms with Crippen molar-refractivity contribution < 1.29 is 4.74 Å². The normalized spacial score (nSPS) is 28.4. The maximum Gasteiger partial charge on any atom is 0.0733 e. The summed E-state index contributed by atoms with van der Waals surface area (Å²) in [5.41, 5.74) is 6.37. The lowest BCUT2D eigenvalue weighted by atomic mass is 9.95. The molecule has 0 aromatic rings. The number of hydrogen-bond acceptors (Lipinski definition) is 2. The molecule has 0 aliphatic heterocycles. The highest BCUT2D eigenvalue weighted by Crippen LogP contribution is 2.24. The van der Waals surface area contributed by atoms with Gasteiger partial charge in [0.05, 0.1) is 11.7 Å². The third-order valence-electron chi connectivity index (χ3n) is 4.58. The monoisotopic (exact) mass is 269 g/mol. The summed E-state index contributed by atoms with van der Waals surface area (Å²) in [6, 6.07) is 0.227. The van der Waals surface area contributed by atoms with E-state index >= 15 is 0 Å². The van der Waals surface area contributed by atoms with Crippen LogP contribution >= 0.6 is 0 Å². The Labute approximate surface area is 120 Å². The molecule has 0 aromatic carbocycles. The van der Waals surface area contributed by atoms with E-state index in [1.54, 1.807) is 0 Å². The van der Waals surface area contributed by atoms with Crippen LogP contribution in [0.15, 0.2) is 0 Å².